The van der Waals surface area contributed by atoms with Gasteiger partial charge in [-0.15, -0.1) is 11.8 Å². The van der Waals surface area contributed by atoms with Gasteiger partial charge >= 0.3 is 5.97 Å². The standard InChI is InChI=1S/C17H13FN2O3S/c1-23-17(22)10-2-7-13-14(8-10)19-15(20-16(13)21)9-24-12-5-3-11(18)4-6-12/h2-8H,9H2,1H3,(H,19,20,21). The molecule has 3 aromatic rings. The number of fused-ring (bicyclic) bond motifs is 1. The first kappa shape index (κ1) is 16.2. The number of esters is 1. The predicted molar refractivity (Wildman–Crippen MR) is 89.7 cm³/mol. The Hall–Kier alpha value is -2.67. The molecule has 0 aliphatic carbocycles. The highest BCUT2D eigenvalue weighted by atomic mass is 32.2. The van der Waals surface area contributed by atoms with Crippen LogP contribution in [0.3, 0.4) is 0 Å². The van der Waals surface area contributed by atoms with E-state index in [1.807, 2.05) is 0 Å². The van der Waals surface area contributed by atoms with Gasteiger partial charge in [0.05, 0.1) is 29.3 Å². The maximum atomic E-state index is 12.9. The Morgan fingerprint density at radius 1 is 1.25 bits per heavy atom. The molecule has 0 bridgehead atoms. The molecule has 24 heavy (non-hydrogen) atoms. The first-order chi connectivity index (χ1) is 11.6. The number of rotatable bonds is 4. The topological polar surface area (TPSA) is 72.1 Å². The van der Waals surface area contributed by atoms with Gasteiger partial charge in [0.1, 0.15) is 11.6 Å². The minimum atomic E-state index is -0.485. The van der Waals surface area contributed by atoms with E-state index < -0.39 is 5.97 Å². The van der Waals surface area contributed by atoms with Crippen molar-refractivity contribution < 1.29 is 13.9 Å². The van der Waals surface area contributed by atoms with Crippen LogP contribution in [0.5, 0.6) is 0 Å². The Labute approximate surface area is 140 Å². The van der Waals surface area contributed by atoms with Gasteiger partial charge in [-0.3, -0.25) is 4.79 Å². The Morgan fingerprint density at radius 3 is 2.71 bits per heavy atom. The highest BCUT2D eigenvalue weighted by Crippen LogP contribution is 2.22. The Kier molecular flexibility index (Phi) is 4.61. The quantitative estimate of drug-likeness (QED) is 0.581. The number of methoxy groups -OCH3 is 1. The van der Waals surface area contributed by atoms with E-state index in [1.165, 1.54) is 43.1 Å². The highest BCUT2D eigenvalue weighted by Gasteiger charge is 2.10. The third kappa shape index (κ3) is 3.46. The van der Waals surface area contributed by atoms with Crippen LogP contribution in [-0.4, -0.2) is 23.0 Å². The lowest BCUT2D eigenvalue weighted by Crippen LogP contribution is -2.12. The number of ether oxygens (including phenoxy) is 1. The van der Waals surface area contributed by atoms with Crippen LogP contribution in [0.15, 0.2) is 52.2 Å². The molecule has 5 nitrogen and oxygen atoms in total. The molecule has 0 saturated carbocycles. The van der Waals surface area contributed by atoms with Gasteiger partial charge in [-0.1, -0.05) is 0 Å². The summed E-state index contributed by atoms with van der Waals surface area (Å²) in [6.07, 6.45) is 0. The summed E-state index contributed by atoms with van der Waals surface area (Å²) in [5, 5.41) is 0.401. The number of hydrogen-bond acceptors (Lipinski definition) is 5. The van der Waals surface area contributed by atoms with Gasteiger partial charge < -0.3 is 9.72 Å². The zero-order valence-electron chi connectivity index (χ0n) is 12.7. The molecule has 0 fully saturated rings. The number of H-pyrrole nitrogens is 1. The Balaban J connectivity index is 1.89. The fourth-order valence-electron chi connectivity index (χ4n) is 2.18. The smallest absolute Gasteiger partial charge is 0.337 e. The van der Waals surface area contributed by atoms with Crippen molar-refractivity contribution in [2.75, 3.05) is 7.11 Å². The zero-order chi connectivity index (χ0) is 17.1. The molecule has 0 aliphatic heterocycles. The summed E-state index contributed by atoms with van der Waals surface area (Å²) in [6, 6.07) is 10.7. The van der Waals surface area contributed by atoms with Crippen LogP contribution in [-0.2, 0) is 10.5 Å². The number of aromatic amines is 1. The molecule has 0 unspecified atom stereocenters. The predicted octanol–water partition coefficient (Wildman–Crippen LogP) is 3.14. The summed E-state index contributed by atoms with van der Waals surface area (Å²) < 4.78 is 17.6. The molecular weight excluding hydrogens is 331 g/mol. The molecule has 0 amide bonds. The fourth-order valence-corrected chi connectivity index (χ4v) is 2.95. The summed E-state index contributed by atoms with van der Waals surface area (Å²) >= 11 is 1.42. The van der Waals surface area contributed by atoms with Crippen LogP contribution in [0.25, 0.3) is 10.9 Å². The number of aromatic nitrogens is 2. The summed E-state index contributed by atoms with van der Waals surface area (Å²) in [7, 11) is 1.29. The number of nitrogens with one attached hydrogen (secondary N) is 1. The summed E-state index contributed by atoms with van der Waals surface area (Å²) in [5.41, 5.74) is 0.489. The molecule has 0 radical (unpaired) electrons. The molecule has 7 heteroatoms. The number of hydrogen-bond donors (Lipinski definition) is 1. The maximum absolute atomic E-state index is 12.9. The van der Waals surface area contributed by atoms with Crippen molar-refractivity contribution >= 4 is 28.6 Å². The van der Waals surface area contributed by atoms with E-state index in [0.717, 1.165) is 4.90 Å². The van der Waals surface area contributed by atoms with Crippen molar-refractivity contribution in [2.24, 2.45) is 0 Å². The van der Waals surface area contributed by atoms with Gasteiger partial charge in [-0.05, 0) is 42.5 Å². The normalized spacial score (nSPS) is 10.8. The first-order valence-electron chi connectivity index (χ1n) is 7.06. The van der Waals surface area contributed by atoms with Crippen molar-refractivity contribution in [3.8, 4) is 0 Å². The molecular formula is C17H13FN2O3S. The van der Waals surface area contributed by atoms with Gasteiger partial charge in [0.2, 0.25) is 0 Å². The lowest BCUT2D eigenvalue weighted by molar-refractivity contribution is 0.0601. The molecule has 0 spiro atoms. The van der Waals surface area contributed by atoms with E-state index in [4.69, 9.17) is 0 Å². The van der Waals surface area contributed by atoms with E-state index in [-0.39, 0.29) is 11.4 Å². The second kappa shape index (κ2) is 6.84. The van der Waals surface area contributed by atoms with Crippen LogP contribution >= 0.6 is 11.8 Å². The monoisotopic (exact) mass is 344 g/mol. The van der Waals surface area contributed by atoms with Crippen LogP contribution < -0.4 is 5.56 Å². The average molecular weight is 344 g/mol. The van der Waals surface area contributed by atoms with Gasteiger partial charge in [0.25, 0.3) is 5.56 Å². The molecule has 122 valence electrons. The van der Waals surface area contributed by atoms with Crippen molar-refractivity contribution in [3.05, 3.63) is 70.0 Å². The molecule has 3 rings (SSSR count). The molecule has 2 aromatic carbocycles. The average Bonchev–Trinajstić information content (AvgIpc) is 2.60. The van der Waals surface area contributed by atoms with Gasteiger partial charge in [0, 0.05) is 4.90 Å². The second-order valence-electron chi connectivity index (χ2n) is 4.98. The van der Waals surface area contributed by atoms with Gasteiger partial charge in [-0.25, -0.2) is 14.2 Å². The van der Waals surface area contributed by atoms with Crippen molar-refractivity contribution in [2.45, 2.75) is 10.6 Å². The molecule has 1 heterocycles. The van der Waals surface area contributed by atoms with E-state index in [0.29, 0.717) is 28.0 Å². The Bertz CT molecular complexity index is 954. The number of benzene rings is 2. The number of halogens is 1. The van der Waals surface area contributed by atoms with E-state index in [2.05, 4.69) is 14.7 Å². The molecule has 0 aliphatic rings. The third-order valence-electron chi connectivity index (χ3n) is 3.37. The van der Waals surface area contributed by atoms with Gasteiger partial charge in [0.15, 0.2) is 0 Å². The van der Waals surface area contributed by atoms with E-state index in [1.54, 1.807) is 18.2 Å². The van der Waals surface area contributed by atoms with Crippen LogP contribution in [0.4, 0.5) is 4.39 Å². The first-order valence-corrected chi connectivity index (χ1v) is 8.05. The lowest BCUT2D eigenvalue weighted by atomic mass is 10.1. The number of nitrogens with zero attached hydrogens (tertiary/aromatic N) is 1. The number of carbonyl (C=O) groups is 1. The van der Waals surface area contributed by atoms with Crippen LogP contribution in [0.1, 0.15) is 16.2 Å². The molecule has 1 N–H and O–H groups in total. The SMILES string of the molecule is COC(=O)c1ccc2c(=O)[nH]c(CSc3ccc(F)cc3)nc2c1. The minimum Gasteiger partial charge on any atom is -0.465 e. The second-order valence-corrected chi connectivity index (χ2v) is 6.03. The minimum absolute atomic E-state index is 0.272. The van der Waals surface area contributed by atoms with Crippen molar-refractivity contribution in [1.29, 1.82) is 0 Å². The zero-order valence-corrected chi connectivity index (χ0v) is 13.5. The summed E-state index contributed by atoms with van der Waals surface area (Å²) in [6.45, 7) is 0. The van der Waals surface area contributed by atoms with Crippen molar-refractivity contribution in [3.63, 3.8) is 0 Å². The molecule has 0 atom stereocenters. The summed E-state index contributed by atoms with van der Waals surface area (Å²) in [4.78, 5) is 31.7. The Morgan fingerprint density at radius 2 is 2.00 bits per heavy atom. The van der Waals surface area contributed by atoms with Crippen molar-refractivity contribution in [1.82, 2.24) is 9.97 Å². The number of carbonyl (C=O) groups excluding carboxylic acids is 1. The maximum Gasteiger partial charge on any atom is 0.337 e. The van der Waals surface area contributed by atoms with Crippen LogP contribution in [0.2, 0.25) is 0 Å². The third-order valence-corrected chi connectivity index (χ3v) is 4.39. The lowest BCUT2D eigenvalue weighted by Gasteiger charge is -2.05. The summed E-state index contributed by atoms with van der Waals surface area (Å²) in [5.74, 6) is 0.108. The molecule has 1 aromatic heterocycles. The molecule has 0 saturated heterocycles. The number of thioether (sulfide) groups is 1. The fraction of sp³-hybridized carbons (Fsp3) is 0.118. The van der Waals surface area contributed by atoms with E-state index in [9.17, 15) is 14.0 Å². The van der Waals surface area contributed by atoms with Gasteiger partial charge in [-0.2, -0.15) is 0 Å². The highest BCUT2D eigenvalue weighted by molar-refractivity contribution is 7.98. The largest absolute Gasteiger partial charge is 0.465 e. The van der Waals surface area contributed by atoms with Crippen LogP contribution in [0, 0.1) is 5.82 Å². The van der Waals surface area contributed by atoms with E-state index >= 15 is 0 Å².